The Hall–Kier alpha value is -1.17. The molecule has 1 aromatic rings. The summed E-state index contributed by atoms with van der Waals surface area (Å²) < 4.78 is 0. The van der Waals surface area contributed by atoms with E-state index in [0.717, 1.165) is 19.3 Å². The fourth-order valence-corrected chi connectivity index (χ4v) is 3.68. The van der Waals surface area contributed by atoms with Crippen molar-refractivity contribution >= 4 is 17.8 Å². The predicted molar refractivity (Wildman–Crippen MR) is 123 cm³/mol. The minimum atomic E-state index is -1.30. The van der Waals surface area contributed by atoms with Crippen LogP contribution in [0.4, 0.5) is 0 Å². The van der Waals surface area contributed by atoms with Gasteiger partial charge in [-0.1, -0.05) is 109 Å². The average Bonchev–Trinajstić information content (AvgIpc) is 2.76. The van der Waals surface area contributed by atoms with Gasteiger partial charge in [-0.15, -0.1) is 0 Å². The zero-order chi connectivity index (χ0) is 22.7. The summed E-state index contributed by atoms with van der Waals surface area (Å²) in [5.41, 5.74) is 0.260. The fourth-order valence-electron chi connectivity index (χ4n) is 3.68. The van der Waals surface area contributed by atoms with Crippen LogP contribution in [0.25, 0.3) is 0 Å². The fraction of sp³-hybridized carbons (Fsp3) is 0.654. The molecular weight excluding hydrogens is 413 g/mol. The number of imide groups is 1. The van der Waals surface area contributed by atoms with Crippen molar-refractivity contribution in [3.8, 4) is 0 Å². The van der Waals surface area contributed by atoms with Gasteiger partial charge < -0.3 is 9.90 Å². The molecule has 0 spiro atoms. The van der Waals surface area contributed by atoms with Gasteiger partial charge in [0, 0.05) is 12.0 Å². The molecular formula is C26H40NNaO4. The van der Waals surface area contributed by atoms with Crippen LogP contribution in [0.2, 0.25) is 0 Å². The van der Waals surface area contributed by atoms with Gasteiger partial charge in [-0.3, -0.25) is 14.9 Å². The summed E-state index contributed by atoms with van der Waals surface area (Å²) in [5, 5.41) is 13.1. The Kier molecular flexibility index (Phi) is 19.7. The number of aromatic carboxylic acids is 1. The molecule has 2 amide bonds. The minimum Gasteiger partial charge on any atom is -0.545 e. The van der Waals surface area contributed by atoms with E-state index in [1.807, 2.05) is 0 Å². The van der Waals surface area contributed by atoms with Gasteiger partial charge in [-0.25, -0.2) is 0 Å². The summed E-state index contributed by atoms with van der Waals surface area (Å²) in [6.45, 7) is 2.26. The Bertz CT molecular complexity index is 646. The van der Waals surface area contributed by atoms with Gasteiger partial charge in [0.2, 0.25) is 5.91 Å². The van der Waals surface area contributed by atoms with Crippen LogP contribution in [0.3, 0.4) is 0 Å². The van der Waals surface area contributed by atoms with Gasteiger partial charge in [0.15, 0.2) is 0 Å². The van der Waals surface area contributed by atoms with Crippen LogP contribution in [0.1, 0.15) is 130 Å². The van der Waals surface area contributed by atoms with E-state index in [0.29, 0.717) is 6.42 Å². The summed E-state index contributed by atoms with van der Waals surface area (Å²) in [4.78, 5) is 34.6. The van der Waals surface area contributed by atoms with Crippen molar-refractivity contribution < 1.29 is 49.0 Å². The predicted octanol–water partition coefficient (Wildman–Crippen LogP) is 2.57. The number of carbonyl (C=O) groups excluding carboxylic acids is 3. The summed E-state index contributed by atoms with van der Waals surface area (Å²) in [6, 6.07) is 5.34. The molecule has 5 nitrogen and oxygen atoms in total. The second kappa shape index (κ2) is 20.4. The van der Waals surface area contributed by atoms with Gasteiger partial charge in [-0.05, 0) is 24.1 Å². The average molecular weight is 454 g/mol. The van der Waals surface area contributed by atoms with E-state index in [4.69, 9.17) is 0 Å². The number of unbranched alkanes of at least 4 members (excludes halogenated alkanes) is 14. The molecule has 0 atom stereocenters. The van der Waals surface area contributed by atoms with E-state index in [1.165, 1.54) is 101 Å². The molecule has 0 unspecified atom stereocenters. The number of carboxylic acid groups (broad SMARTS) is 1. The number of hydrogen-bond donors (Lipinski definition) is 1. The third kappa shape index (κ3) is 15.6. The zero-order valence-corrected chi connectivity index (χ0v) is 22.3. The molecule has 1 N–H and O–H groups in total. The van der Waals surface area contributed by atoms with Crippen LogP contribution in [0.15, 0.2) is 24.3 Å². The van der Waals surface area contributed by atoms with Crippen molar-refractivity contribution in [2.24, 2.45) is 0 Å². The number of carbonyl (C=O) groups is 3. The number of carboxylic acids is 1. The van der Waals surface area contributed by atoms with Crippen LogP contribution in [-0.2, 0) is 4.79 Å². The number of rotatable bonds is 18. The second-order valence-electron chi connectivity index (χ2n) is 8.44. The maximum absolute atomic E-state index is 12.0. The van der Waals surface area contributed by atoms with Crippen LogP contribution in [-0.4, -0.2) is 17.8 Å². The Labute approximate surface area is 216 Å². The SMILES string of the molecule is CCCCCCCCCCCCCCCCCC(=O)NC(=O)c1ccc(C(=O)[O-])cc1.[Na+]. The van der Waals surface area contributed by atoms with E-state index in [-0.39, 0.29) is 46.6 Å². The Morgan fingerprint density at radius 2 is 1.03 bits per heavy atom. The van der Waals surface area contributed by atoms with Crippen LogP contribution >= 0.6 is 0 Å². The largest absolute Gasteiger partial charge is 1.00 e. The Morgan fingerprint density at radius 1 is 0.656 bits per heavy atom. The smallest absolute Gasteiger partial charge is 0.545 e. The van der Waals surface area contributed by atoms with E-state index in [9.17, 15) is 19.5 Å². The van der Waals surface area contributed by atoms with Crippen molar-refractivity contribution in [2.45, 2.75) is 110 Å². The molecule has 0 radical (unpaired) electrons. The standard InChI is InChI=1S/C26H41NO4.Na/c1-2-3-4-5-6-7-8-9-10-11-12-13-14-15-16-17-24(28)27-25(29)22-18-20-23(21-19-22)26(30)31;/h18-21H,2-17H2,1H3,(H,30,31)(H,27,28,29);/q;+1/p-1. The molecule has 0 fully saturated rings. The Balaban J connectivity index is 0.00000961. The first kappa shape index (κ1) is 30.8. The van der Waals surface area contributed by atoms with Gasteiger partial charge >= 0.3 is 29.6 Å². The zero-order valence-electron chi connectivity index (χ0n) is 20.3. The van der Waals surface area contributed by atoms with E-state index in [1.54, 1.807) is 0 Å². The van der Waals surface area contributed by atoms with Crippen molar-refractivity contribution in [3.05, 3.63) is 35.4 Å². The summed E-state index contributed by atoms with van der Waals surface area (Å²) >= 11 is 0. The number of hydrogen-bond acceptors (Lipinski definition) is 4. The van der Waals surface area contributed by atoms with E-state index >= 15 is 0 Å². The van der Waals surface area contributed by atoms with Gasteiger partial charge in [-0.2, -0.15) is 0 Å². The molecule has 0 heterocycles. The first-order chi connectivity index (χ1) is 15.0. The molecule has 0 aromatic heterocycles. The third-order valence-corrected chi connectivity index (χ3v) is 5.64. The summed E-state index contributed by atoms with van der Waals surface area (Å²) in [5.74, 6) is -2.09. The maximum atomic E-state index is 12.0. The van der Waals surface area contributed by atoms with Crippen molar-refractivity contribution in [3.63, 3.8) is 0 Å². The molecule has 0 bridgehead atoms. The van der Waals surface area contributed by atoms with Crippen molar-refractivity contribution in [2.75, 3.05) is 0 Å². The van der Waals surface area contributed by atoms with Crippen LogP contribution in [0, 0.1) is 0 Å². The number of benzene rings is 1. The van der Waals surface area contributed by atoms with Crippen molar-refractivity contribution in [1.82, 2.24) is 5.32 Å². The van der Waals surface area contributed by atoms with Gasteiger partial charge in [0.25, 0.3) is 5.91 Å². The summed E-state index contributed by atoms with van der Waals surface area (Å²) in [6.07, 6.45) is 19.4. The maximum Gasteiger partial charge on any atom is 1.00 e. The summed E-state index contributed by atoms with van der Waals surface area (Å²) in [7, 11) is 0. The molecule has 174 valence electrons. The molecule has 0 aliphatic carbocycles. The van der Waals surface area contributed by atoms with Crippen LogP contribution < -0.4 is 40.0 Å². The third-order valence-electron chi connectivity index (χ3n) is 5.64. The Morgan fingerprint density at radius 3 is 1.44 bits per heavy atom. The first-order valence-electron chi connectivity index (χ1n) is 12.2. The topological polar surface area (TPSA) is 86.3 Å². The molecule has 32 heavy (non-hydrogen) atoms. The van der Waals surface area contributed by atoms with E-state index in [2.05, 4.69) is 12.2 Å². The van der Waals surface area contributed by atoms with E-state index < -0.39 is 11.9 Å². The van der Waals surface area contributed by atoms with Gasteiger partial charge in [0.1, 0.15) is 0 Å². The molecule has 0 saturated carbocycles. The molecule has 0 saturated heterocycles. The van der Waals surface area contributed by atoms with Crippen LogP contribution in [0.5, 0.6) is 0 Å². The quantitative estimate of drug-likeness (QED) is 0.273. The minimum absolute atomic E-state index is 0. The van der Waals surface area contributed by atoms with Gasteiger partial charge in [0.05, 0.1) is 5.97 Å². The molecule has 0 aliphatic heterocycles. The first-order valence-corrected chi connectivity index (χ1v) is 12.2. The number of amides is 2. The molecule has 1 rings (SSSR count). The molecule has 0 aliphatic rings. The second-order valence-corrected chi connectivity index (χ2v) is 8.44. The van der Waals surface area contributed by atoms with Crippen molar-refractivity contribution in [1.29, 1.82) is 0 Å². The molecule has 1 aromatic carbocycles. The normalized spacial score (nSPS) is 10.4. The molecule has 6 heteroatoms. The monoisotopic (exact) mass is 453 g/mol. The number of nitrogens with one attached hydrogen (secondary N) is 1.